The first-order valence-corrected chi connectivity index (χ1v) is 7.69. The smallest absolute Gasteiger partial charge is 0.410 e. The average Bonchev–Trinajstić information content (AvgIpc) is 3.13. The van der Waals surface area contributed by atoms with Gasteiger partial charge in [0.25, 0.3) is 0 Å². The molecule has 2 unspecified atom stereocenters. The topological polar surface area (TPSA) is 41.6 Å². The normalized spacial score (nSPS) is 28.5. The van der Waals surface area contributed by atoms with E-state index in [1.54, 1.807) is 0 Å². The number of rotatable bonds is 1. The maximum Gasteiger partial charge on any atom is 0.410 e. The second kappa shape index (κ2) is 5.02. The van der Waals surface area contributed by atoms with Gasteiger partial charge in [-0.15, -0.1) is 0 Å². The molecule has 0 bridgehead atoms. The number of ether oxygens (including phenoxy) is 1. The summed E-state index contributed by atoms with van der Waals surface area (Å²) in [5.74, 6) is 0.416. The number of hydrogen-bond donors (Lipinski definition) is 1. The Morgan fingerprint density at radius 1 is 1.33 bits per heavy atom. The van der Waals surface area contributed by atoms with Crippen molar-refractivity contribution in [3.05, 3.63) is 35.9 Å². The molecule has 1 spiro atoms. The first kappa shape index (κ1) is 14.4. The molecule has 1 aromatic rings. The number of hydrogen-bond acceptors (Lipinski definition) is 3. The number of amides is 1. The minimum atomic E-state index is -0.444. The van der Waals surface area contributed by atoms with E-state index in [1.165, 1.54) is 5.56 Å². The predicted octanol–water partition coefficient (Wildman–Crippen LogP) is 2.75. The molecular weight excluding hydrogens is 264 g/mol. The molecule has 2 atom stereocenters. The van der Waals surface area contributed by atoms with E-state index in [9.17, 15) is 4.79 Å². The molecule has 3 rings (SSSR count). The highest BCUT2D eigenvalue weighted by Crippen LogP contribution is 2.56. The Morgan fingerprint density at radius 2 is 2.05 bits per heavy atom. The van der Waals surface area contributed by atoms with E-state index in [0.29, 0.717) is 5.92 Å². The van der Waals surface area contributed by atoms with Crippen molar-refractivity contribution in [3.63, 3.8) is 0 Å². The van der Waals surface area contributed by atoms with Gasteiger partial charge in [-0.05, 0) is 32.8 Å². The number of nitrogens with zero attached hydrogens (tertiary/aromatic N) is 1. The molecule has 1 aliphatic carbocycles. The molecule has 114 valence electrons. The van der Waals surface area contributed by atoms with E-state index in [4.69, 9.17) is 4.74 Å². The fraction of sp³-hybridized carbons (Fsp3) is 0.588. The molecule has 2 fully saturated rings. The fourth-order valence-corrected chi connectivity index (χ4v) is 3.31. The molecule has 4 nitrogen and oxygen atoms in total. The van der Waals surface area contributed by atoms with Crippen LogP contribution in [0.1, 0.15) is 38.7 Å². The van der Waals surface area contributed by atoms with Gasteiger partial charge in [0.15, 0.2) is 0 Å². The van der Waals surface area contributed by atoms with Gasteiger partial charge < -0.3 is 10.1 Å². The highest BCUT2D eigenvalue weighted by atomic mass is 16.6. The molecule has 21 heavy (non-hydrogen) atoms. The summed E-state index contributed by atoms with van der Waals surface area (Å²) in [6, 6.07) is 10.5. The summed E-state index contributed by atoms with van der Waals surface area (Å²) < 4.78 is 5.60. The molecule has 1 amide bonds. The predicted molar refractivity (Wildman–Crippen MR) is 82.3 cm³/mol. The lowest BCUT2D eigenvalue weighted by Gasteiger charge is -2.38. The van der Waals surface area contributed by atoms with Crippen LogP contribution in [0, 0.1) is 0 Å². The number of carbonyl (C=O) groups is 1. The molecule has 1 N–H and O–H groups in total. The third-order valence-corrected chi connectivity index (χ3v) is 4.34. The molecule has 1 saturated heterocycles. The van der Waals surface area contributed by atoms with Crippen LogP contribution in [-0.4, -0.2) is 41.8 Å². The Bertz CT molecular complexity index is 523. The maximum atomic E-state index is 12.5. The van der Waals surface area contributed by atoms with Crippen molar-refractivity contribution in [2.24, 2.45) is 0 Å². The third-order valence-electron chi connectivity index (χ3n) is 4.34. The van der Waals surface area contributed by atoms with Crippen LogP contribution in [0.15, 0.2) is 30.3 Å². The SMILES string of the molecule is CC(C)(C)OC(=O)N1CCNCC12CC2c1ccccc1. The monoisotopic (exact) mass is 288 g/mol. The minimum absolute atomic E-state index is 0.0953. The molecule has 4 heteroatoms. The second-order valence-electron chi connectivity index (χ2n) is 7.08. The van der Waals surface area contributed by atoms with Crippen molar-refractivity contribution in [1.82, 2.24) is 10.2 Å². The van der Waals surface area contributed by atoms with Gasteiger partial charge >= 0.3 is 6.09 Å². The van der Waals surface area contributed by atoms with Gasteiger partial charge in [0.1, 0.15) is 5.60 Å². The van der Waals surface area contributed by atoms with Gasteiger partial charge in [-0.1, -0.05) is 30.3 Å². The second-order valence-corrected chi connectivity index (χ2v) is 7.08. The van der Waals surface area contributed by atoms with Crippen molar-refractivity contribution in [2.45, 2.75) is 44.2 Å². The Balaban J connectivity index is 1.79. The van der Waals surface area contributed by atoms with E-state index in [-0.39, 0.29) is 11.6 Å². The first-order valence-electron chi connectivity index (χ1n) is 7.69. The largest absolute Gasteiger partial charge is 0.444 e. The van der Waals surface area contributed by atoms with Crippen LogP contribution in [-0.2, 0) is 4.74 Å². The van der Waals surface area contributed by atoms with Crippen molar-refractivity contribution >= 4 is 6.09 Å². The molecule has 2 aliphatic rings. The van der Waals surface area contributed by atoms with E-state index < -0.39 is 5.60 Å². The number of piperazine rings is 1. The summed E-state index contributed by atoms with van der Waals surface area (Å²) in [4.78, 5) is 14.5. The van der Waals surface area contributed by atoms with Crippen LogP contribution in [0.4, 0.5) is 4.79 Å². The van der Waals surface area contributed by atoms with Crippen LogP contribution in [0.25, 0.3) is 0 Å². The van der Waals surface area contributed by atoms with Crippen molar-refractivity contribution in [3.8, 4) is 0 Å². The summed E-state index contributed by atoms with van der Waals surface area (Å²) in [5.41, 5.74) is 0.775. The van der Waals surface area contributed by atoms with E-state index in [0.717, 1.165) is 26.1 Å². The lowest BCUT2D eigenvalue weighted by atomic mass is 10.0. The Morgan fingerprint density at radius 3 is 2.71 bits per heavy atom. The molecule has 1 heterocycles. The van der Waals surface area contributed by atoms with Crippen LogP contribution in [0.3, 0.4) is 0 Å². The summed E-state index contributed by atoms with van der Waals surface area (Å²) in [7, 11) is 0. The summed E-state index contributed by atoms with van der Waals surface area (Å²) in [5, 5.41) is 3.44. The van der Waals surface area contributed by atoms with Crippen LogP contribution in [0.2, 0.25) is 0 Å². The zero-order valence-corrected chi connectivity index (χ0v) is 13.1. The standard InChI is InChI=1S/C17H24N2O2/c1-16(2,3)21-15(20)19-10-9-18-12-17(19)11-14(17)13-7-5-4-6-8-13/h4-8,14,18H,9-12H2,1-3H3. The fourth-order valence-electron chi connectivity index (χ4n) is 3.31. The van der Waals surface area contributed by atoms with Crippen LogP contribution < -0.4 is 5.32 Å². The summed E-state index contributed by atoms with van der Waals surface area (Å²) >= 11 is 0. The van der Waals surface area contributed by atoms with Gasteiger partial charge in [0, 0.05) is 25.6 Å². The van der Waals surface area contributed by atoms with Gasteiger partial charge in [0.2, 0.25) is 0 Å². The molecular formula is C17H24N2O2. The first-order chi connectivity index (χ1) is 9.92. The maximum absolute atomic E-state index is 12.5. The Labute approximate surface area is 126 Å². The zero-order chi connectivity index (χ0) is 15.1. The minimum Gasteiger partial charge on any atom is -0.444 e. The number of carbonyl (C=O) groups excluding carboxylic acids is 1. The quantitative estimate of drug-likeness (QED) is 0.864. The highest BCUT2D eigenvalue weighted by Gasteiger charge is 2.61. The molecule has 0 radical (unpaired) electrons. The summed E-state index contributed by atoms with van der Waals surface area (Å²) in [6.45, 7) is 8.16. The van der Waals surface area contributed by atoms with Gasteiger partial charge in [0.05, 0.1) is 5.54 Å². The van der Waals surface area contributed by atoms with Gasteiger partial charge in [-0.2, -0.15) is 0 Å². The van der Waals surface area contributed by atoms with Gasteiger partial charge in [-0.3, -0.25) is 4.90 Å². The van der Waals surface area contributed by atoms with Crippen molar-refractivity contribution in [2.75, 3.05) is 19.6 Å². The van der Waals surface area contributed by atoms with E-state index in [1.807, 2.05) is 31.7 Å². The average molecular weight is 288 g/mol. The van der Waals surface area contributed by atoms with Crippen molar-refractivity contribution in [1.29, 1.82) is 0 Å². The van der Waals surface area contributed by atoms with E-state index in [2.05, 4.69) is 29.6 Å². The van der Waals surface area contributed by atoms with Gasteiger partial charge in [-0.25, -0.2) is 4.79 Å². The number of nitrogens with one attached hydrogen (secondary N) is 1. The molecule has 0 aromatic heterocycles. The third kappa shape index (κ3) is 2.77. The number of benzene rings is 1. The lowest BCUT2D eigenvalue weighted by Crippen LogP contribution is -2.57. The van der Waals surface area contributed by atoms with E-state index >= 15 is 0 Å². The molecule has 1 saturated carbocycles. The highest BCUT2D eigenvalue weighted by molar-refractivity contribution is 5.71. The molecule has 1 aromatic carbocycles. The molecule has 1 aliphatic heterocycles. The van der Waals surface area contributed by atoms with Crippen LogP contribution in [0.5, 0.6) is 0 Å². The Kier molecular flexibility index (Phi) is 3.44. The van der Waals surface area contributed by atoms with Crippen LogP contribution >= 0.6 is 0 Å². The lowest BCUT2D eigenvalue weighted by molar-refractivity contribution is 0.00751. The zero-order valence-electron chi connectivity index (χ0n) is 13.1. The van der Waals surface area contributed by atoms with Crippen molar-refractivity contribution < 1.29 is 9.53 Å². The summed E-state index contributed by atoms with van der Waals surface area (Å²) in [6.07, 6.45) is 0.839. The Hall–Kier alpha value is -1.55.